The molecule has 0 N–H and O–H groups in total. The molecule has 112 valence electrons. The van der Waals surface area contributed by atoms with Crippen molar-refractivity contribution in [2.24, 2.45) is 16.2 Å². The fourth-order valence-corrected chi connectivity index (χ4v) is 4.33. The van der Waals surface area contributed by atoms with Crippen LogP contribution in [-0.2, 0) is 4.74 Å². The van der Waals surface area contributed by atoms with Crippen molar-refractivity contribution in [1.29, 1.82) is 0 Å². The van der Waals surface area contributed by atoms with Crippen LogP contribution < -0.4 is 0 Å². The van der Waals surface area contributed by atoms with E-state index in [-0.39, 0.29) is 10.8 Å². The maximum atomic E-state index is 6.30. The molecule has 1 spiro atoms. The first kappa shape index (κ1) is 14.2. The maximum Gasteiger partial charge on any atom is 0.123 e. The van der Waals surface area contributed by atoms with E-state index >= 15 is 0 Å². The molecule has 1 aliphatic heterocycles. The van der Waals surface area contributed by atoms with Gasteiger partial charge in [-0.15, -0.1) is 0 Å². The van der Waals surface area contributed by atoms with Crippen LogP contribution in [0.25, 0.3) is 0 Å². The van der Waals surface area contributed by atoms with E-state index in [0.717, 1.165) is 13.0 Å². The SMILES string of the molecule is CC(C)(C)C1=C2OCC3(CCCC3)C2=C(C(C)(C)C)C1. The van der Waals surface area contributed by atoms with E-state index in [9.17, 15) is 0 Å². The van der Waals surface area contributed by atoms with Crippen molar-refractivity contribution in [1.82, 2.24) is 0 Å². The predicted octanol–water partition coefficient (Wildman–Crippen LogP) is 5.62. The van der Waals surface area contributed by atoms with E-state index in [2.05, 4.69) is 41.5 Å². The molecule has 1 nitrogen and oxygen atoms in total. The van der Waals surface area contributed by atoms with Crippen LogP contribution in [0.4, 0.5) is 0 Å². The van der Waals surface area contributed by atoms with Crippen LogP contribution in [0.2, 0.25) is 0 Å². The lowest BCUT2D eigenvalue weighted by Gasteiger charge is -2.30. The van der Waals surface area contributed by atoms with Crippen LogP contribution in [0, 0.1) is 16.2 Å². The Kier molecular flexibility index (Phi) is 2.95. The number of hydrogen-bond acceptors (Lipinski definition) is 1. The summed E-state index contributed by atoms with van der Waals surface area (Å²) in [6.07, 6.45) is 6.57. The summed E-state index contributed by atoms with van der Waals surface area (Å²) in [6.45, 7) is 15.1. The monoisotopic (exact) mass is 274 g/mol. The van der Waals surface area contributed by atoms with Gasteiger partial charge < -0.3 is 4.74 Å². The van der Waals surface area contributed by atoms with Crippen molar-refractivity contribution in [2.45, 2.75) is 73.6 Å². The summed E-state index contributed by atoms with van der Waals surface area (Å²) < 4.78 is 6.30. The summed E-state index contributed by atoms with van der Waals surface area (Å²) in [5.74, 6) is 1.30. The molecule has 1 saturated heterocycles. The minimum atomic E-state index is 0.220. The highest BCUT2D eigenvalue weighted by atomic mass is 16.5. The zero-order chi connectivity index (χ0) is 14.8. The Labute approximate surface area is 124 Å². The molecule has 2 fully saturated rings. The molecule has 0 aromatic carbocycles. The molecule has 0 unspecified atom stereocenters. The predicted molar refractivity (Wildman–Crippen MR) is 84.4 cm³/mol. The van der Waals surface area contributed by atoms with E-state index in [0.29, 0.717) is 5.41 Å². The quantitative estimate of drug-likeness (QED) is 0.556. The van der Waals surface area contributed by atoms with Gasteiger partial charge in [0.1, 0.15) is 5.76 Å². The highest BCUT2D eigenvalue weighted by Crippen LogP contribution is 2.61. The second-order valence-corrected chi connectivity index (χ2v) is 9.11. The number of fused-ring (bicyclic) bond motifs is 2. The van der Waals surface area contributed by atoms with Crippen LogP contribution in [-0.4, -0.2) is 6.61 Å². The average Bonchev–Trinajstić information content (AvgIpc) is 2.96. The zero-order valence-corrected chi connectivity index (χ0v) is 14.2. The molecule has 0 amide bonds. The molecule has 3 rings (SSSR count). The van der Waals surface area contributed by atoms with Gasteiger partial charge in [-0.2, -0.15) is 0 Å². The van der Waals surface area contributed by atoms with Gasteiger partial charge >= 0.3 is 0 Å². The van der Waals surface area contributed by atoms with Gasteiger partial charge in [0.15, 0.2) is 0 Å². The van der Waals surface area contributed by atoms with Crippen molar-refractivity contribution in [3.8, 4) is 0 Å². The first-order valence-corrected chi connectivity index (χ1v) is 8.26. The molecule has 0 bridgehead atoms. The highest BCUT2D eigenvalue weighted by molar-refractivity contribution is 5.53. The Bertz CT molecular complexity index is 485. The second kappa shape index (κ2) is 4.15. The molecule has 1 heteroatoms. The van der Waals surface area contributed by atoms with Crippen molar-refractivity contribution < 1.29 is 4.74 Å². The van der Waals surface area contributed by atoms with Crippen molar-refractivity contribution in [2.75, 3.05) is 6.61 Å². The summed E-state index contributed by atoms with van der Waals surface area (Å²) in [5.41, 5.74) is 5.69. The van der Waals surface area contributed by atoms with Crippen LogP contribution in [0.3, 0.4) is 0 Å². The first-order valence-electron chi connectivity index (χ1n) is 8.26. The van der Waals surface area contributed by atoms with E-state index < -0.39 is 0 Å². The molecule has 0 radical (unpaired) electrons. The largest absolute Gasteiger partial charge is 0.492 e. The lowest BCUT2D eigenvalue weighted by atomic mass is 9.73. The lowest BCUT2D eigenvalue weighted by Crippen LogP contribution is -2.22. The molecule has 3 aliphatic rings. The van der Waals surface area contributed by atoms with Crippen LogP contribution in [0.5, 0.6) is 0 Å². The minimum absolute atomic E-state index is 0.220. The molecule has 20 heavy (non-hydrogen) atoms. The highest BCUT2D eigenvalue weighted by Gasteiger charge is 2.52. The second-order valence-electron chi connectivity index (χ2n) is 9.11. The summed E-state index contributed by atoms with van der Waals surface area (Å²) in [6, 6.07) is 0. The van der Waals surface area contributed by atoms with Gasteiger partial charge in [0.25, 0.3) is 0 Å². The molecular formula is C19H30O. The van der Waals surface area contributed by atoms with Gasteiger partial charge in [-0.3, -0.25) is 0 Å². The van der Waals surface area contributed by atoms with E-state index in [1.165, 1.54) is 31.4 Å². The van der Waals surface area contributed by atoms with E-state index in [1.54, 1.807) is 16.7 Å². The molecule has 1 saturated carbocycles. The van der Waals surface area contributed by atoms with Crippen LogP contribution >= 0.6 is 0 Å². The summed E-state index contributed by atoms with van der Waals surface area (Å²) in [5, 5.41) is 0. The van der Waals surface area contributed by atoms with Crippen molar-refractivity contribution >= 4 is 0 Å². The Balaban J connectivity index is 2.14. The third-order valence-corrected chi connectivity index (χ3v) is 5.55. The molecular weight excluding hydrogens is 244 g/mol. The first-order chi connectivity index (χ1) is 9.15. The Morgan fingerprint density at radius 3 is 1.90 bits per heavy atom. The molecule has 0 atom stereocenters. The molecule has 0 aromatic heterocycles. The minimum Gasteiger partial charge on any atom is -0.492 e. The standard InChI is InChI=1S/C19H30O/c1-17(2,3)13-11-14(18(4,5)6)16-15(13)19(12-20-16)9-7-8-10-19/h7-12H2,1-6H3. The smallest absolute Gasteiger partial charge is 0.123 e. The third-order valence-electron chi connectivity index (χ3n) is 5.55. The van der Waals surface area contributed by atoms with E-state index in [4.69, 9.17) is 4.74 Å². The van der Waals surface area contributed by atoms with Crippen molar-refractivity contribution in [3.63, 3.8) is 0 Å². The fraction of sp³-hybridized carbons (Fsp3) is 0.789. The number of allylic oxidation sites excluding steroid dienone is 3. The fourth-order valence-electron chi connectivity index (χ4n) is 4.33. The van der Waals surface area contributed by atoms with Gasteiger partial charge in [0, 0.05) is 11.0 Å². The number of ether oxygens (including phenoxy) is 1. The Morgan fingerprint density at radius 2 is 1.40 bits per heavy atom. The van der Waals surface area contributed by atoms with Gasteiger partial charge in [0.2, 0.25) is 0 Å². The van der Waals surface area contributed by atoms with Gasteiger partial charge in [-0.25, -0.2) is 0 Å². The summed E-state index contributed by atoms with van der Waals surface area (Å²) in [4.78, 5) is 0. The molecule has 0 aromatic rings. The Morgan fingerprint density at radius 1 is 0.850 bits per heavy atom. The van der Waals surface area contributed by atoms with Gasteiger partial charge in [0.05, 0.1) is 6.61 Å². The van der Waals surface area contributed by atoms with Gasteiger partial charge in [-0.05, 0) is 35.7 Å². The third kappa shape index (κ3) is 1.96. The molecule has 2 aliphatic carbocycles. The summed E-state index contributed by atoms with van der Waals surface area (Å²) >= 11 is 0. The topological polar surface area (TPSA) is 9.23 Å². The summed E-state index contributed by atoms with van der Waals surface area (Å²) in [7, 11) is 0. The normalized spacial score (nSPS) is 25.7. The van der Waals surface area contributed by atoms with Crippen molar-refractivity contribution in [3.05, 3.63) is 22.5 Å². The van der Waals surface area contributed by atoms with E-state index in [1.807, 2.05) is 0 Å². The van der Waals surface area contributed by atoms with Gasteiger partial charge in [-0.1, -0.05) is 60.0 Å². The van der Waals surface area contributed by atoms with Crippen LogP contribution in [0.1, 0.15) is 73.6 Å². The molecule has 1 heterocycles. The maximum absolute atomic E-state index is 6.30. The lowest BCUT2D eigenvalue weighted by molar-refractivity contribution is 0.183. The van der Waals surface area contributed by atoms with Crippen LogP contribution in [0.15, 0.2) is 22.5 Å². The Hall–Kier alpha value is -0.720. The number of rotatable bonds is 0. The zero-order valence-electron chi connectivity index (χ0n) is 14.2. The average molecular weight is 274 g/mol. The number of hydrogen-bond donors (Lipinski definition) is 0.